The molecule has 2 atom stereocenters. The van der Waals surface area contributed by atoms with E-state index in [0.29, 0.717) is 28.2 Å². The zero-order chi connectivity index (χ0) is 23.8. The molecular formula is C26H32N4O3. The number of fused-ring (bicyclic) bond motifs is 1. The average Bonchev–Trinajstić information content (AvgIpc) is 2.84. The van der Waals surface area contributed by atoms with E-state index >= 15 is 0 Å². The summed E-state index contributed by atoms with van der Waals surface area (Å²) in [7, 11) is 0. The van der Waals surface area contributed by atoms with E-state index in [1.807, 2.05) is 12.1 Å². The van der Waals surface area contributed by atoms with Gasteiger partial charge in [-0.2, -0.15) is 5.11 Å². The fraction of sp³-hybridized carbons (Fsp3) is 0.423. The van der Waals surface area contributed by atoms with Crippen molar-refractivity contribution in [3.63, 3.8) is 0 Å². The normalized spacial score (nSPS) is 13.4. The van der Waals surface area contributed by atoms with Gasteiger partial charge in [0, 0.05) is 29.3 Å². The number of rotatable bonds is 11. The Morgan fingerprint density at radius 2 is 1.85 bits per heavy atom. The first-order chi connectivity index (χ1) is 15.9. The van der Waals surface area contributed by atoms with Gasteiger partial charge in [-0.05, 0) is 55.0 Å². The van der Waals surface area contributed by atoms with Crippen LogP contribution in [0.15, 0.2) is 58.9 Å². The van der Waals surface area contributed by atoms with Crippen LogP contribution >= 0.6 is 0 Å². The van der Waals surface area contributed by atoms with E-state index < -0.39 is 4.92 Å². The van der Waals surface area contributed by atoms with Gasteiger partial charge in [0.25, 0.3) is 5.69 Å². The fourth-order valence-electron chi connectivity index (χ4n) is 4.13. The number of nitro groups is 1. The number of unbranched alkanes of at least 4 members (excludes halogenated alkanes) is 1. The van der Waals surface area contributed by atoms with E-state index in [9.17, 15) is 15.2 Å². The summed E-state index contributed by atoms with van der Waals surface area (Å²) < 4.78 is 0. The zero-order valence-electron chi connectivity index (χ0n) is 19.6. The van der Waals surface area contributed by atoms with Gasteiger partial charge in [-0.3, -0.25) is 15.1 Å². The van der Waals surface area contributed by atoms with Crippen LogP contribution in [0.1, 0.15) is 70.8 Å². The van der Waals surface area contributed by atoms with Gasteiger partial charge in [0.15, 0.2) is 0 Å². The Kier molecular flexibility index (Phi) is 8.46. The molecule has 0 aliphatic heterocycles. The van der Waals surface area contributed by atoms with Crippen molar-refractivity contribution in [3.05, 3.63) is 64.3 Å². The Hall–Kier alpha value is -3.35. The number of phenols is 1. The molecular weight excluding hydrogens is 416 g/mol. The lowest BCUT2D eigenvalue weighted by molar-refractivity contribution is -0.384. The van der Waals surface area contributed by atoms with E-state index in [0.717, 1.165) is 18.4 Å². The largest absolute Gasteiger partial charge is 0.505 e. The molecule has 0 aliphatic carbocycles. The summed E-state index contributed by atoms with van der Waals surface area (Å²) in [6, 6.07) is 11.5. The monoisotopic (exact) mass is 448 g/mol. The van der Waals surface area contributed by atoms with Crippen molar-refractivity contribution < 1.29 is 10.0 Å². The zero-order valence-corrected chi connectivity index (χ0v) is 19.6. The number of non-ortho nitro benzene ring substituents is 1. The number of aromatic nitrogens is 1. The first-order valence-electron chi connectivity index (χ1n) is 11.7. The molecule has 7 nitrogen and oxygen atoms in total. The van der Waals surface area contributed by atoms with Crippen molar-refractivity contribution >= 4 is 28.0 Å². The molecule has 1 heterocycles. The molecule has 174 valence electrons. The van der Waals surface area contributed by atoms with Gasteiger partial charge in [-0.25, -0.2) is 0 Å². The predicted octanol–water partition coefficient (Wildman–Crippen LogP) is 8.36. The summed E-state index contributed by atoms with van der Waals surface area (Å²) in [5.41, 5.74) is 2.48. The maximum absolute atomic E-state index is 11.0. The lowest BCUT2D eigenvalue weighted by atomic mass is 9.87. The molecule has 0 aliphatic rings. The number of pyridine rings is 1. The lowest BCUT2D eigenvalue weighted by Crippen LogP contribution is -2.03. The predicted molar refractivity (Wildman–Crippen MR) is 132 cm³/mol. The van der Waals surface area contributed by atoms with E-state index in [2.05, 4.69) is 36.0 Å². The smallest absolute Gasteiger partial charge is 0.269 e. The molecule has 1 aromatic heterocycles. The third-order valence-electron chi connectivity index (χ3n) is 6.29. The average molecular weight is 449 g/mol. The van der Waals surface area contributed by atoms with Crippen LogP contribution in [0.25, 0.3) is 10.9 Å². The second kappa shape index (κ2) is 11.5. The highest BCUT2D eigenvalue weighted by Crippen LogP contribution is 2.40. The minimum atomic E-state index is -0.445. The summed E-state index contributed by atoms with van der Waals surface area (Å²) in [6.07, 6.45) is 8.65. The Balaban J connectivity index is 1.89. The Labute approximate surface area is 194 Å². The van der Waals surface area contributed by atoms with Crippen LogP contribution < -0.4 is 0 Å². The maximum Gasteiger partial charge on any atom is 0.269 e. The molecule has 0 radical (unpaired) electrons. The number of benzene rings is 2. The fourth-order valence-corrected chi connectivity index (χ4v) is 4.13. The first kappa shape index (κ1) is 24.3. The van der Waals surface area contributed by atoms with Gasteiger partial charge in [0.2, 0.25) is 0 Å². The molecule has 0 saturated heterocycles. The Morgan fingerprint density at radius 1 is 1.09 bits per heavy atom. The summed E-state index contributed by atoms with van der Waals surface area (Å²) >= 11 is 0. The highest BCUT2D eigenvalue weighted by Gasteiger charge is 2.18. The molecule has 33 heavy (non-hydrogen) atoms. The van der Waals surface area contributed by atoms with E-state index in [-0.39, 0.29) is 17.4 Å². The van der Waals surface area contributed by atoms with Crippen LogP contribution in [-0.2, 0) is 0 Å². The molecule has 0 saturated carbocycles. The third kappa shape index (κ3) is 6.12. The summed E-state index contributed by atoms with van der Waals surface area (Å²) in [6.45, 7) is 6.61. The molecule has 3 rings (SSSR count). The number of phenolic OH excluding ortho intramolecular Hbond substituents is 1. The standard InChI is InChI=1S/C26H32N4O3/c1-4-6-8-19(5-2)11-10-18(3)23-17-24(22-9-7-16-27-25(22)26(23)31)29-28-20-12-14-21(15-13-20)30(32)33/h7,9,12-19,31H,4-6,8,10-11H2,1-3H3. The van der Waals surface area contributed by atoms with Crippen molar-refractivity contribution in [2.45, 2.75) is 65.2 Å². The van der Waals surface area contributed by atoms with Crippen LogP contribution in [0.4, 0.5) is 17.1 Å². The van der Waals surface area contributed by atoms with Gasteiger partial charge in [-0.1, -0.05) is 46.5 Å². The van der Waals surface area contributed by atoms with Gasteiger partial charge in [0.05, 0.1) is 16.3 Å². The molecule has 3 aromatic rings. The quantitative estimate of drug-likeness (QED) is 0.181. The number of nitro benzene ring substituents is 1. The molecule has 2 aromatic carbocycles. The number of nitrogens with zero attached hydrogens (tertiary/aromatic N) is 4. The van der Waals surface area contributed by atoms with Crippen molar-refractivity contribution in [1.29, 1.82) is 0 Å². The maximum atomic E-state index is 11.0. The minimum Gasteiger partial charge on any atom is -0.505 e. The van der Waals surface area contributed by atoms with E-state index in [1.54, 1.807) is 24.4 Å². The van der Waals surface area contributed by atoms with Crippen molar-refractivity contribution in [2.24, 2.45) is 16.1 Å². The van der Waals surface area contributed by atoms with Crippen LogP contribution in [0.3, 0.4) is 0 Å². The SMILES string of the molecule is CCCCC(CC)CCC(C)c1cc(N=Nc2ccc([N+](=O)[O-])cc2)c2cccnc2c1O. The van der Waals surface area contributed by atoms with Crippen LogP contribution in [0.5, 0.6) is 5.75 Å². The van der Waals surface area contributed by atoms with Gasteiger partial charge in [0.1, 0.15) is 11.3 Å². The number of hydrogen-bond acceptors (Lipinski definition) is 6. The second-order valence-corrected chi connectivity index (χ2v) is 8.60. The van der Waals surface area contributed by atoms with E-state index in [4.69, 9.17) is 0 Å². The van der Waals surface area contributed by atoms with Gasteiger partial charge in [-0.15, -0.1) is 5.11 Å². The van der Waals surface area contributed by atoms with Crippen molar-refractivity contribution in [1.82, 2.24) is 4.98 Å². The number of hydrogen-bond donors (Lipinski definition) is 1. The summed E-state index contributed by atoms with van der Waals surface area (Å²) in [5.74, 6) is 1.06. The molecule has 7 heteroatoms. The molecule has 1 N–H and O–H groups in total. The molecule has 2 unspecified atom stereocenters. The highest BCUT2D eigenvalue weighted by atomic mass is 16.6. The topological polar surface area (TPSA) is 101 Å². The van der Waals surface area contributed by atoms with E-state index in [1.165, 1.54) is 37.8 Å². The van der Waals surface area contributed by atoms with Gasteiger partial charge < -0.3 is 5.11 Å². The Morgan fingerprint density at radius 3 is 2.52 bits per heavy atom. The highest BCUT2D eigenvalue weighted by molar-refractivity contribution is 5.95. The third-order valence-corrected chi connectivity index (χ3v) is 6.29. The number of aromatic hydroxyl groups is 1. The summed E-state index contributed by atoms with van der Waals surface area (Å²) in [5, 5.41) is 31.2. The van der Waals surface area contributed by atoms with Crippen molar-refractivity contribution in [3.8, 4) is 5.75 Å². The van der Waals surface area contributed by atoms with Crippen molar-refractivity contribution in [2.75, 3.05) is 0 Å². The number of azo groups is 1. The van der Waals surface area contributed by atoms with Crippen LogP contribution in [0, 0.1) is 16.0 Å². The molecule has 0 spiro atoms. The lowest BCUT2D eigenvalue weighted by Gasteiger charge is -2.19. The minimum absolute atomic E-state index is 0.00802. The Bertz CT molecular complexity index is 1110. The van der Waals surface area contributed by atoms with Gasteiger partial charge >= 0.3 is 0 Å². The molecule has 0 fully saturated rings. The molecule has 0 amide bonds. The second-order valence-electron chi connectivity index (χ2n) is 8.60. The van der Waals surface area contributed by atoms with Crippen LogP contribution in [-0.4, -0.2) is 15.0 Å². The first-order valence-corrected chi connectivity index (χ1v) is 11.7. The van der Waals surface area contributed by atoms with Crippen LogP contribution in [0.2, 0.25) is 0 Å². The molecule has 0 bridgehead atoms. The summed E-state index contributed by atoms with van der Waals surface area (Å²) in [4.78, 5) is 14.8.